The lowest BCUT2D eigenvalue weighted by Gasteiger charge is -1.99. The summed E-state index contributed by atoms with van der Waals surface area (Å²) in [5, 5.41) is 1.91. The maximum atomic E-state index is 6.07. The molecule has 0 fully saturated rings. The summed E-state index contributed by atoms with van der Waals surface area (Å²) in [6.45, 7) is 4.27. The topological polar surface area (TPSA) is 25.8 Å². The largest absolute Gasteiger partial charge is 0.251 e. The molecule has 0 amide bonds. The fourth-order valence-corrected chi connectivity index (χ4v) is 2.69. The second-order valence-electron chi connectivity index (χ2n) is 3.71. The summed E-state index contributed by atoms with van der Waals surface area (Å²) in [5.41, 5.74) is 0.697. The van der Waals surface area contributed by atoms with Crippen LogP contribution in [0.25, 0.3) is 10.7 Å². The molecule has 0 saturated carbocycles. The summed E-state index contributed by atoms with van der Waals surface area (Å²) in [5.74, 6) is 0.470. The summed E-state index contributed by atoms with van der Waals surface area (Å²) in [4.78, 5) is 9.76. The maximum Gasteiger partial charge on any atom is 0.143 e. The molecule has 5 heteroatoms. The zero-order valence-electron chi connectivity index (χ0n) is 8.87. The van der Waals surface area contributed by atoms with Crippen molar-refractivity contribution < 1.29 is 0 Å². The molecule has 0 saturated heterocycles. The molecule has 0 spiro atoms. The van der Waals surface area contributed by atoms with Gasteiger partial charge in [-0.25, -0.2) is 4.98 Å². The molecule has 2 rings (SSSR count). The molecule has 16 heavy (non-hydrogen) atoms. The van der Waals surface area contributed by atoms with Crippen molar-refractivity contribution >= 4 is 34.5 Å². The van der Waals surface area contributed by atoms with E-state index >= 15 is 0 Å². The van der Waals surface area contributed by atoms with Crippen LogP contribution in [0, 0.1) is 0 Å². The number of nitrogens with zero attached hydrogens (tertiary/aromatic N) is 2. The molecule has 2 aromatic rings. The normalized spacial score (nSPS) is 11.1. The second-order valence-corrected chi connectivity index (χ2v) is 5.61. The van der Waals surface area contributed by atoms with Crippen molar-refractivity contribution in [2.45, 2.75) is 19.8 Å². The summed E-state index contributed by atoms with van der Waals surface area (Å²) in [6, 6.07) is 1.68. The first-order chi connectivity index (χ1) is 7.58. The van der Waals surface area contributed by atoms with Crippen LogP contribution in [0.5, 0.6) is 0 Å². The molecule has 84 valence electrons. The third-order valence-electron chi connectivity index (χ3n) is 2.10. The molecule has 0 bridgehead atoms. The summed E-state index contributed by atoms with van der Waals surface area (Å²) >= 11 is 13.5. The molecule has 0 aliphatic rings. The van der Waals surface area contributed by atoms with E-state index in [0.717, 1.165) is 5.01 Å². The Morgan fingerprint density at radius 3 is 2.50 bits per heavy atom. The van der Waals surface area contributed by atoms with Crippen molar-refractivity contribution in [1.29, 1.82) is 0 Å². The molecule has 0 aliphatic heterocycles. The average molecular weight is 273 g/mol. The highest BCUT2D eigenvalue weighted by Crippen LogP contribution is 2.33. The van der Waals surface area contributed by atoms with Crippen LogP contribution in [0.2, 0.25) is 10.0 Å². The fraction of sp³-hybridized carbons (Fsp3) is 0.273. The van der Waals surface area contributed by atoms with Crippen LogP contribution < -0.4 is 0 Å². The summed E-state index contributed by atoms with van der Waals surface area (Å²) in [6.07, 6.45) is 3.45. The van der Waals surface area contributed by atoms with E-state index in [9.17, 15) is 0 Å². The minimum atomic E-state index is 0.470. The van der Waals surface area contributed by atoms with E-state index in [1.165, 1.54) is 4.88 Å². The average Bonchev–Trinajstić information content (AvgIpc) is 2.66. The Labute approximate surface area is 108 Å². The quantitative estimate of drug-likeness (QED) is 0.796. The van der Waals surface area contributed by atoms with Crippen LogP contribution in [-0.4, -0.2) is 9.97 Å². The molecule has 0 N–H and O–H groups in total. The summed E-state index contributed by atoms with van der Waals surface area (Å²) in [7, 11) is 0. The predicted molar refractivity (Wildman–Crippen MR) is 69.5 cm³/mol. The zero-order valence-corrected chi connectivity index (χ0v) is 11.2. The Hall–Kier alpha value is -0.640. The molecule has 2 aromatic heterocycles. The van der Waals surface area contributed by atoms with Gasteiger partial charge < -0.3 is 0 Å². The Morgan fingerprint density at radius 1 is 1.19 bits per heavy atom. The van der Waals surface area contributed by atoms with E-state index in [-0.39, 0.29) is 0 Å². The number of hydrogen-bond acceptors (Lipinski definition) is 3. The molecule has 0 radical (unpaired) electrons. The predicted octanol–water partition coefficient (Wildman–Crippen LogP) is 4.64. The molecule has 2 heterocycles. The number of pyridine rings is 1. The van der Waals surface area contributed by atoms with Gasteiger partial charge in [-0.2, -0.15) is 0 Å². The Bertz CT molecular complexity index is 508. The second kappa shape index (κ2) is 4.70. The van der Waals surface area contributed by atoms with Crippen molar-refractivity contribution in [3.8, 4) is 10.7 Å². The number of thiazole rings is 1. The van der Waals surface area contributed by atoms with Gasteiger partial charge in [-0.15, -0.1) is 11.3 Å². The molecule has 0 unspecified atom stereocenters. The maximum absolute atomic E-state index is 6.07. The van der Waals surface area contributed by atoms with E-state index in [2.05, 4.69) is 23.8 Å². The number of aromatic nitrogens is 2. The first-order valence-corrected chi connectivity index (χ1v) is 6.42. The Morgan fingerprint density at radius 2 is 1.94 bits per heavy atom. The van der Waals surface area contributed by atoms with Crippen LogP contribution in [0.1, 0.15) is 24.6 Å². The van der Waals surface area contributed by atoms with Gasteiger partial charge in [0.05, 0.1) is 10.0 Å². The fourth-order valence-electron chi connectivity index (χ4n) is 1.23. The zero-order chi connectivity index (χ0) is 11.7. The lowest BCUT2D eigenvalue weighted by molar-refractivity contribution is 0.885. The van der Waals surface area contributed by atoms with Crippen molar-refractivity contribution in [2.24, 2.45) is 0 Å². The van der Waals surface area contributed by atoms with Crippen molar-refractivity contribution in [2.75, 3.05) is 0 Å². The Kier molecular flexibility index (Phi) is 3.47. The Balaban J connectivity index is 2.42. The van der Waals surface area contributed by atoms with E-state index in [1.807, 2.05) is 6.20 Å². The SMILES string of the molecule is CC(C)c1cnc(-c2ncc(Cl)cc2Cl)s1. The van der Waals surface area contributed by atoms with Gasteiger partial charge in [0.2, 0.25) is 0 Å². The van der Waals surface area contributed by atoms with Crippen LogP contribution in [0.4, 0.5) is 0 Å². The lowest BCUT2D eigenvalue weighted by atomic mass is 10.2. The third-order valence-corrected chi connectivity index (χ3v) is 3.90. The molecule has 0 aliphatic carbocycles. The molecular formula is C11H10Cl2N2S. The van der Waals surface area contributed by atoms with Gasteiger partial charge in [0.15, 0.2) is 0 Å². The standard InChI is InChI=1S/C11H10Cl2N2S/c1-6(2)9-5-15-11(16-9)10-8(13)3-7(12)4-14-10/h3-6H,1-2H3. The first kappa shape index (κ1) is 11.8. The van der Waals surface area contributed by atoms with Crippen molar-refractivity contribution in [3.63, 3.8) is 0 Å². The smallest absolute Gasteiger partial charge is 0.143 e. The van der Waals surface area contributed by atoms with E-state index in [0.29, 0.717) is 21.7 Å². The van der Waals surface area contributed by atoms with Gasteiger partial charge in [-0.05, 0) is 12.0 Å². The van der Waals surface area contributed by atoms with E-state index in [1.54, 1.807) is 23.6 Å². The van der Waals surface area contributed by atoms with Gasteiger partial charge in [0.25, 0.3) is 0 Å². The van der Waals surface area contributed by atoms with Crippen LogP contribution >= 0.6 is 34.5 Å². The first-order valence-electron chi connectivity index (χ1n) is 4.85. The van der Waals surface area contributed by atoms with Gasteiger partial charge >= 0.3 is 0 Å². The number of rotatable bonds is 2. The van der Waals surface area contributed by atoms with Gasteiger partial charge in [-0.3, -0.25) is 4.98 Å². The van der Waals surface area contributed by atoms with Crippen LogP contribution in [0.3, 0.4) is 0 Å². The van der Waals surface area contributed by atoms with Crippen LogP contribution in [-0.2, 0) is 0 Å². The van der Waals surface area contributed by atoms with Gasteiger partial charge in [0.1, 0.15) is 10.7 Å². The monoisotopic (exact) mass is 272 g/mol. The minimum absolute atomic E-state index is 0.470. The highest BCUT2D eigenvalue weighted by Gasteiger charge is 2.12. The van der Waals surface area contributed by atoms with E-state index < -0.39 is 0 Å². The molecule has 2 nitrogen and oxygen atoms in total. The number of halogens is 2. The highest BCUT2D eigenvalue weighted by molar-refractivity contribution is 7.15. The van der Waals surface area contributed by atoms with E-state index in [4.69, 9.17) is 23.2 Å². The molecular weight excluding hydrogens is 263 g/mol. The molecule has 0 atom stereocenters. The van der Waals surface area contributed by atoms with Gasteiger partial charge in [0, 0.05) is 17.3 Å². The molecule has 0 aromatic carbocycles. The van der Waals surface area contributed by atoms with Crippen molar-refractivity contribution in [1.82, 2.24) is 9.97 Å². The lowest BCUT2D eigenvalue weighted by Crippen LogP contribution is -1.83. The van der Waals surface area contributed by atoms with Crippen molar-refractivity contribution in [3.05, 3.63) is 33.4 Å². The minimum Gasteiger partial charge on any atom is -0.251 e. The number of hydrogen-bond donors (Lipinski definition) is 0. The van der Waals surface area contributed by atoms with Crippen LogP contribution in [0.15, 0.2) is 18.5 Å². The third kappa shape index (κ3) is 2.37. The van der Waals surface area contributed by atoms with Gasteiger partial charge in [-0.1, -0.05) is 37.0 Å². The summed E-state index contributed by atoms with van der Waals surface area (Å²) < 4.78 is 0. The highest BCUT2D eigenvalue weighted by atomic mass is 35.5.